The van der Waals surface area contributed by atoms with Gasteiger partial charge in [-0.3, -0.25) is 0 Å². The van der Waals surface area contributed by atoms with Gasteiger partial charge in [0.05, 0.1) is 5.56 Å². The Hall–Kier alpha value is -1.49. The number of allylic oxidation sites excluding steroid dienone is 1. The lowest BCUT2D eigenvalue weighted by molar-refractivity contribution is -0.139. The molecule has 0 saturated heterocycles. The maximum Gasteiger partial charge on any atom is 0.419 e. The van der Waals surface area contributed by atoms with Crippen LogP contribution in [0.15, 0.2) is 30.4 Å². The zero-order valence-corrected chi connectivity index (χ0v) is 11.1. The van der Waals surface area contributed by atoms with Crippen molar-refractivity contribution in [3.8, 4) is 5.75 Å². The lowest BCUT2D eigenvalue weighted by Crippen LogP contribution is -2.19. The largest absolute Gasteiger partial charge is 0.486 e. The standard InChI is InChI=1S/C15H18F3NO/c16-15(17,18)13-10-11(8-9-19)6-7-14(13)20-12-4-2-1-3-5-12/h2,4,6-7,10,12H,1,3,5,8-9,19H2. The minimum Gasteiger partial charge on any atom is -0.486 e. The number of halogens is 3. The van der Waals surface area contributed by atoms with Crippen LogP contribution in [0.3, 0.4) is 0 Å². The number of nitrogens with two attached hydrogens (primary N) is 1. The van der Waals surface area contributed by atoms with Gasteiger partial charge >= 0.3 is 6.18 Å². The summed E-state index contributed by atoms with van der Waals surface area (Å²) in [5, 5.41) is 0. The van der Waals surface area contributed by atoms with Gasteiger partial charge in [0.25, 0.3) is 0 Å². The highest BCUT2D eigenvalue weighted by Gasteiger charge is 2.35. The Morgan fingerprint density at radius 1 is 1.30 bits per heavy atom. The second kappa shape index (κ2) is 6.31. The molecule has 2 nitrogen and oxygen atoms in total. The van der Waals surface area contributed by atoms with E-state index >= 15 is 0 Å². The van der Waals surface area contributed by atoms with E-state index in [0.29, 0.717) is 18.5 Å². The van der Waals surface area contributed by atoms with Crippen molar-refractivity contribution in [2.75, 3.05) is 6.54 Å². The minimum absolute atomic E-state index is 0.102. The van der Waals surface area contributed by atoms with E-state index in [2.05, 4.69) is 0 Å². The average Bonchev–Trinajstić information content (AvgIpc) is 2.41. The lowest BCUT2D eigenvalue weighted by Gasteiger charge is -2.21. The predicted octanol–water partition coefficient (Wildman–Crippen LogP) is 3.69. The molecule has 1 aromatic carbocycles. The summed E-state index contributed by atoms with van der Waals surface area (Å²) in [5.41, 5.74) is 5.24. The van der Waals surface area contributed by atoms with Gasteiger partial charge in [-0.1, -0.05) is 12.1 Å². The zero-order valence-electron chi connectivity index (χ0n) is 11.1. The molecule has 1 atom stereocenters. The predicted molar refractivity (Wildman–Crippen MR) is 71.6 cm³/mol. The number of alkyl halides is 3. The summed E-state index contributed by atoms with van der Waals surface area (Å²) < 4.78 is 44.8. The summed E-state index contributed by atoms with van der Waals surface area (Å²) >= 11 is 0. The molecule has 1 unspecified atom stereocenters. The molecular weight excluding hydrogens is 267 g/mol. The van der Waals surface area contributed by atoms with Crippen molar-refractivity contribution in [3.63, 3.8) is 0 Å². The number of hydrogen-bond acceptors (Lipinski definition) is 2. The number of benzene rings is 1. The normalized spacial score (nSPS) is 19.1. The smallest absolute Gasteiger partial charge is 0.419 e. The summed E-state index contributed by atoms with van der Waals surface area (Å²) in [4.78, 5) is 0. The van der Waals surface area contributed by atoms with E-state index in [0.717, 1.165) is 25.3 Å². The topological polar surface area (TPSA) is 35.2 Å². The fourth-order valence-electron chi connectivity index (χ4n) is 2.27. The van der Waals surface area contributed by atoms with Gasteiger partial charge in [-0.05, 0) is 56.0 Å². The second-order valence-electron chi connectivity index (χ2n) is 4.88. The first-order valence-corrected chi connectivity index (χ1v) is 6.74. The first-order valence-electron chi connectivity index (χ1n) is 6.74. The molecule has 2 N–H and O–H groups in total. The molecule has 0 amide bonds. The van der Waals surface area contributed by atoms with Gasteiger partial charge in [0.2, 0.25) is 0 Å². The molecule has 0 aliphatic heterocycles. The maximum absolute atomic E-state index is 13.1. The van der Waals surface area contributed by atoms with Crippen LogP contribution in [0.4, 0.5) is 13.2 Å². The van der Waals surface area contributed by atoms with E-state index in [1.165, 1.54) is 6.07 Å². The molecule has 2 rings (SSSR count). The van der Waals surface area contributed by atoms with E-state index < -0.39 is 11.7 Å². The SMILES string of the molecule is NCCc1ccc(OC2C=CCCC2)c(C(F)(F)F)c1. The van der Waals surface area contributed by atoms with Crippen molar-refractivity contribution < 1.29 is 17.9 Å². The van der Waals surface area contributed by atoms with Crippen LogP contribution in [0.2, 0.25) is 0 Å². The molecule has 0 heterocycles. The number of rotatable bonds is 4. The van der Waals surface area contributed by atoms with Crippen molar-refractivity contribution in [1.29, 1.82) is 0 Å². The molecule has 1 aliphatic carbocycles. The molecule has 0 fully saturated rings. The van der Waals surface area contributed by atoms with Gasteiger partial charge in [0, 0.05) is 0 Å². The van der Waals surface area contributed by atoms with Crippen LogP contribution < -0.4 is 10.5 Å². The van der Waals surface area contributed by atoms with Crippen molar-refractivity contribution >= 4 is 0 Å². The first-order chi connectivity index (χ1) is 9.50. The van der Waals surface area contributed by atoms with Gasteiger partial charge in [-0.25, -0.2) is 0 Å². The molecule has 0 aromatic heterocycles. The fraction of sp³-hybridized carbons (Fsp3) is 0.467. The Kier molecular flexibility index (Phi) is 4.70. The quantitative estimate of drug-likeness (QED) is 0.856. The molecule has 1 aromatic rings. The van der Waals surface area contributed by atoms with Gasteiger partial charge in [-0.2, -0.15) is 13.2 Å². The Balaban J connectivity index is 2.26. The number of ether oxygens (including phenoxy) is 1. The highest BCUT2D eigenvalue weighted by atomic mass is 19.4. The zero-order chi connectivity index (χ0) is 14.6. The molecule has 110 valence electrons. The Morgan fingerprint density at radius 3 is 2.70 bits per heavy atom. The van der Waals surface area contributed by atoms with Gasteiger partial charge in [0.1, 0.15) is 11.9 Å². The van der Waals surface area contributed by atoms with E-state index in [-0.39, 0.29) is 11.9 Å². The van der Waals surface area contributed by atoms with Crippen LogP contribution in [0.5, 0.6) is 5.75 Å². The summed E-state index contributed by atoms with van der Waals surface area (Å²) in [7, 11) is 0. The van der Waals surface area contributed by atoms with Crippen molar-refractivity contribution in [3.05, 3.63) is 41.5 Å². The first kappa shape index (κ1) is 14.9. The molecule has 0 saturated carbocycles. The summed E-state index contributed by atoms with van der Waals surface area (Å²) in [6.45, 7) is 0.322. The average molecular weight is 285 g/mol. The molecule has 20 heavy (non-hydrogen) atoms. The number of hydrogen-bond donors (Lipinski definition) is 1. The Morgan fingerprint density at radius 2 is 2.10 bits per heavy atom. The second-order valence-corrected chi connectivity index (χ2v) is 4.88. The molecule has 0 radical (unpaired) electrons. The van der Waals surface area contributed by atoms with Crippen molar-refractivity contribution in [1.82, 2.24) is 0 Å². The monoisotopic (exact) mass is 285 g/mol. The summed E-state index contributed by atoms with van der Waals surface area (Å²) in [5.74, 6) is -0.102. The summed E-state index contributed by atoms with van der Waals surface area (Å²) in [6, 6.07) is 4.18. The van der Waals surface area contributed by atoms with Crippen LogP contribution in [0.1, 0.15) is 30.4 Å². The highest BCUT2D eigenvalue weighted by molar-refractivity contribution is 5.40. The van der Waals surface area contributed by atoms with Gasteiger partial charge in [-0.15, -0.1) is 0 Å². The van der Waals surface area contributed by atoms with Crippen LogP contribution in [0.25, 0.3) is 0 Å². The minimum atomic E-state index is -4.42. The molecule has 0 spiro atoms. The fourth-order valence-corrected chi connectivity index (χ4v) is 2.27. The third-order valence-electron chi connectivity index (χ3n) is 3.27. The molecular formula is C15H18F3NO. The van der Waals surface area contributed by atoms with Gasteiger partial charge < -0.3 is 10.5 Å². The lowest BCUT2D eigenvalue weighted by atomic mass is 10.0. The maximum atomic E-state index is 13.1. The van der Waals surface area contributed by atoms with E-state index in [4.69, 9.17) is 10.5 Å². The molecule has 5 heteroatoms. The van der Waals surface area contributed by atoms with Crippen molar-refractivity contribution in [2.45, 2.75) is 38.0 Å². The Labute approximate surface area is 116 Å². The van der Waals surface area contributed by atoms with Gasteiger partial charge in [0.15, 0.2) is 0 Å². The summed E-state index contributed by atoms with van der Waals surface area (Å²) in [6.07, 6.45) is 2.16. The van der Waals surface area contributed by atoms with Crippen LogP contribution >= 0.6 is 0 Å². The van der Waals surface area contributed by atoms with Crippen LogP contribution in [0, 0.1) is 0 Å². The third-order valence-corrected chi connectivity index (χ3v) is 3.27. The third kappa shape index (κ3) is 3.76. The highest BCUT2D eigenvalue weighted by Crippen LogP contribution is 2.37. The molecule has 1 aliphatic rings. The van der Waals surface area contributed by atoms with Crippen LogP contribution in [-0.4, -0.2) is 12.6 Å². The van der Waals surface area contributed by atoms with E-state index in [1.807, 2.05) is 12.2 Å². The molecule has 0 bridgehead atoms. The van der Waals surface area contributed by atoms with Crippen molar-refractivity contribution in [2.24, 2.45) is 5.73 Å². The van der Waals surface area contributed by atoms with E-state index in [1.54, 1.807) is 6.07 Å². The van der Waals surface area contributed by atoms with Crippen LogP contribution in [-0.2, 0) is 12.6 Å². The Bertz CT molecular complexity index is 482. The van der Waals surface area contributed by atoms with E-state index in [9.17, 15) is 13.2 Å².